The van der Waals surface area contributed by atoms with Gasteiger partial charge in [-0.05, 0) is 5.92 Å². The highest BCUT2D eigenvalue weighted by Crippen LogP contribution is 2.00. The molecule has 4 heteroatoms. The SMILES string of the molecule is CC(C)COC(=O)C[C@H](N)C[N+](C)(C)C. The average Bonchev–Trinajstić information content (AvgIpc) is 1.96. The van der Waals surface area contributed by atoms with Gasteiger partial charge in [0.25, 0.3) is 0 Å². The molecule has 1 atom stereocenters. The summed E-state index contributed by atoms with van der Waals surface area (Å²) in [4.78, 5) is 11.3. The maximum Gasteiger partial charge on any atom is 0.307 e. The van der Waals surface area contributed by atoms with Crippen LogP contribution in [-0.4, -0.2) is 50.8 Å². The van der Waals surface area contributed by atoms with E-state index in [4.69, 9.17) is 10.5 Å². The van der Waals surface area contributed by atoms with Gasteiger partial charge in [-0.15, -0.1) is 0 Å². The molecular formula is C11H25N2O2+. The Hall–Kier alpha value is -0.610. The van der Waals surface area contributed by atoms with E-state index in [0.717, 1.165) is 11.0 Å². The molecule has 90 valence electrons. The predicted octanol–water partition coefficient (Wildman–Crippen LogP) is 0.609. The van der Waals surface area contributed by atoms with Crippen molar-refractivity contribution in [3.8, 4) is 0 Å². The lowest BCUT2D eigenvalue weighted by molar-refractivity contribution is -0.871. The van der Waals surface area contributed by atoms with E-state index < -0.39 is 0 Å². The van der Waals surface area contributed by atoms with E-state index in [9.17, 15) is 4.79 Å². The van der Waals surface area contributed by atoms with Crippen molar-refractivity contribution in [2.24, 2.45) is 11.7 Å². The third-order valence-electron chi connectivity index (χ3n) is 1.79. The number of carbonyl (C=O) groups is 1. The van der Waals surface area contributed by atoms with Crippen LogP contribution in [0.3, 0.4) is 0 Å². The van der Waals surface area contributed by atoms with Crippen LogP contribution in [0.25, 0.3) is 0 Å². The van der Waals surface area contributed by atoms with E-state index in [2.05, 4.69) is 21.1 Å². The monoisotopic (exact) mass is 217 g/mol. The second-order valence-electron chi connectivity index (χ2n) is 5.51. The molecule has 0 aliphatic heterocycles. The van der Waals surface area contributed by atoms with Crippen molar-refractivity contribution in [3.63, 3.8) is 0 Å². The molecule has 0 unspecified atom stereocenters. The number of nitrogens with zero attached hydrogens (tertiary/aromatic N) is 1. The molecule has 0 aliphatic carbocycles. The van der Waals surface area contributed by atoms with E-state index in [0.29, 0.717) is 18.9 Å². The summed E-state index contributed by atoms with van der Waals surface area (Å²) < 4.78 is 5.83. The zero-order valence-electron chi connectivity index (χ0n) is 10.6. The van der Waals surface area contributed by atoms with Gasteiger partial charge in [-0.25, -0.2) is 0 Å². The molecule has 0 rings (SSSR count). The standard InChI is InChI=1S/C11H25N2O2/c1-9(2)8-15-11(14)6-10(12)7-13(3,4)5/h9-10H,6-8,12H2,1-5H3/q+1/t10-/m0/s1. The molecule has 15 heavy (non-hydrogen) atoms. The van der Waals surface area contributed by atoms with Crippen LogP contribution in [0.5, 0.6) is 0 Å². The maximum absolute atomic E-state index is 11.3. The molecule has 2 N–H and O–H groups in total. The van der Waals surface area contributed by atoms with Crippen LogP contribution in [0, 0.1) is 5.92 Å². The summed E-state index contributed by atoms with van der Waals surface area (Å²) in [5.41, 5.74) is 5.85. The van der Waals surface area contributed by atoms with Gasteiger partial charge in [-0.3, -0.25) is 4.79 Å². The second kappa shape index (κ2) is 6.08. The van der Waals surface area contributed by atoms with E-state index in [1.165, 1.54) is 0 Å². The summed E-state index contributed by atoms with van der Waals surface area (Å²) in [6, 6.07) is -0.121. The molecule has 0 aromatic carbocycles. The number of quaternary nitrogens is 1. The smallest absolute Gasteiger partial charge is 0.307 e. The van der Waals surface area contributed by atoms with Crippen LogP contribution in [0.15, 0.2) is 0 Å². The number of hydrogen-bond acceptors (Lipinski definition) is 3. The first-order valence-corrected chi connectivity index (χ1v) is 5.42. The van der Waals surface area contributed by atoms with Crippen LogP contribution < -0.4 is 5.73 Å². The van der Waals surface area contributed by atoms with Crippen LogP contribution in [-0.2, 0) is 9.53 Å². The predicted molar refractivity (Wildman–Crippen MR) is 61.3 cm³/mol. The van der Waals surface area contributed by atoms with E-state index in [1.807, 2.05) is 13.8 Å². The molecular weight excluding hydrogens is 192 g/mol. The average molecular weight is 217 g/mol. The lowest BCUT2D eigenvalue weighted by atomic mass is 10.2. The maximum atomic E-state index is 11.3. The van der Waals surface area contributed by atoms with Gasteiger partial charge in [0.15, 0.2) is 0 Å². The Balaban J connectivity index is 3.77. The third-order valence-corrected chi connectivity index (χ3v) is 1.79. The highest BCUT2D eigenvalue weighted by molar-refractivity contribution is 5.70. The Morgan fingerprint density at radius 1 is 1.33 bits per heavy atom. The van der Waals surface area contributed by atoms with Gasteiger partial charge in [0.05, 0.1) is 46.8 Å². The fourth-order valence-electron chi connectivity index (χ4n) is 1.30. The zero-order chi connectivity index (χ0) is 12.1. The van der Waals surface area contributed by atoms with Gasteiger partial charge in [-0.1, -0.05) is 13.8 Å². The molecule has 4 nitrogen and oxygen atoms in total. The summed E-state index contributed by atoms with van der Waals surface area (Å²) in [6.07, 6.45) is 0.308. The number of nitrogens with two attached hydrogens (primary N) is 1. The first-order valence-electron chi connectivity index (χ1n) is 5.42. The van der Waals surface area contributed by atoms with Crippen molar-refractivity contribution in [1.82, 2.24) is 0 Å². The van der Waals surface area contributed by atoms with Crippen molar-refractivity contribution >= 4 is 5.97 Å². The number of ether oxygens (including phenoxy) is 1. The van der Waals surface area contributed by atoms with Crippen LogP contribution >= 0.6 is 0 Å². The van der Waals surface area contributed by atoms with Crippen molar-refractivity contribution < 1.29 is 14.0 Å². The highest BCUT2D eigenvalue weighted by atomic mass is 16.5. The molecule has 0 aromatic rings. The van der Waals surface area contributed by atoms with E-state index >= 15 is 0 Å². The highest BCUT2D eigenvalue weighted by Gasteiger charge is 2.18. The Morgan fingerprint density at radius 3 is 2.27 bits per heavy atom. The third kappa shape index (κ3) is 9.69. The van der Waals surface area contributed by atoms with E-state index in [-0.39, 0.29) is 12.0 Å². The molecule has 0 saturated heterocycles. The summed E-state index contributed by atoms with van der Waals surface area (Å²) in [6.45, 7) is 5.28. The molecule has 0 heterocycles. The Kier molecular flexibility index (Phi) is 5.83. The minimum Gasteiger partial charge on any atom is -0.465 e. The normalized spacial score (nSPS) is 14.1. The molecule has 0 aliphatic rings. The number of carbonyl (C=O) groups excluding carboxylic acids is 1. The quantitative estimate of drug-likeness (QED) is 0.524. The molecule has 0 aromatic heterocycles. The summed E-state index contributed by atoms with van der Waals surface area (Å²) >= 11 is 0. The van der Waals surface area contributed by atoms with Gasteiger partial charge in [-0.2, -0.15) is 0 Å². The Labute approximate surface area is 93.0 Å². The van der Waals surface area contributed by atoms with Crippen molar-refractivity contribution in [2.45, 2.75) is 26.3 Å². The topological polar surface area (TPSA) is 52.3 Å². The second-order valence-corrected chi connectivity index (χ2v) is 5.51. The molecule has 0 radical (unpaired) electrons. The van der Waals surface area contributed by atoms with Crippen molar-refractivity contribution in [1.29, 1.82) is 0 Å². The van der Waals surface area contributed by atoms with Gasteiger partial charge in [0, 0.05) is 0 Å². The van der Waals surface area contributed by atoms with Gasteiger partial charge < -0.3 is 15.0 Å². The van der Waals surface area contributed by atoms with Crippen molar-refractivity contribution in [2.75, 3.05) is 34.3 Å². The zero-order valence-corrected chi connectivity index (χ0v) is 10.6. The van der Waals surface area contributed by atoms with Crippen LogP contribution in [0.2, 0.25) is 0 Å². The first kappa shape index (κ1) is 14.4. The van der Waals surface area contributed by atoms with E-state index in [1.54, 1.807) is 0 Å². The molecule has 0 fully saturated rings. The van der Waals surface area contributed by atoms with Gasteiger partial charge >= 0.3 is 5.97 Å². The summed E-state index contributed by atoms with van der Waals surface area (Å²) in [7, 11) is 6.16. The molecule has 0 spiro atoms. The molecule has 0 amide bonds. The van der Waals surface area contributed by atoms with Crippen LogP contribution in [0.1, 0.15) is 20.3 Å². The Bertz CT molecular complexity index is 197. The minimum atomic E-state index is -0.190. The Morgan fingerprint density at radius 2 is 1.87 bits per heavy atom. The van der Waals surface area contributed by atoms with Crippen molar-refractivity contribution in [3.05, 3.63) is 0 Å². The summed E-state index contributed by atoms with van der Waals surface area (Å²) in [5.74, 6) is 0.188. The van der Waals surface area contributed by atoms with Gasteiger partial charge in [0.1, 0.15) is 0 Å². The number of likely N-dealkylation sites (N-methyl/N-ethyl adjacent to an activating group) is 1. The van der Waals surface area contributed by atoms with Gasteiger partial charge in [0.2, 0.25) is 0 Å². The first-order chi connectivity index (χ1) is 6.70. The fourth-order valence-corrected chi connectivity index (χ4v) is 1.30. The molecule has 0 saturated carbocycles. The fraction of sp³-hybridized carbons (Fsp3) is 0.909. The lowest BCUT2D eigenvalue weighted by Crippen LogP contribution is -2.45. The summed E-state index contributed by atoms with van der Waals surface area (Å²) in [5, 5.41) is 0. The number of esters is 1. The largest absolute Gasteiger partial charge is 0.465 e. The number of rotatable bonds is 6. The van der Waals surface area contributed by atoms with Crippen LogP contribution in [0.4, 0.5) is 0 Å². The lowest BCUT2D eigenvalue weighted by Gasteiger charge is -2.26. The number of hydrogen-bond donors (Lipinski definition) is 1. The molecule has 0 bridgehead atoms. The minimum absolute atomic E-state index is 0.121.